The molecule has 1 fully saturated rings. The molecule has 0 bridgehead atoms. The van der Waals surface area contributed by atoms with Crippen LogP contribution in [-0.4, -0.2) is 58.0 Å². The number of piperazine rings is 1. The topological polar surface area (TPSA) is 69.3 Å². The highest BCUT2D eigenvalue weighted by Crippen LogP contribution is 2.13. The molecule has 2 amide bonds. The van der Waals surface area contributed by atoms with Gasteiger partial charge in [-0.1, -0.05) is 6.07 Å². The SMILES string of the molecule is Cc1cc(C(=O)N2CCN(C(=O)Cc3cccs3)CC2)n[nH]1. The highest BCUT2D eigenvalue weighted by atomic mass is 32.1. The maximum absolute atomic E-state index is 12.3. The average Bonchev–Trinajstić information content (AvgIpc) is 3.18. The fourth-order valence-electron chi connectivity index (χ4n) is 2.52. The first-order valence-electron chi connectivity index (χ1n) is 7.25. The number of aromatic nitrogens is 2. The molecule has 0 aliphatic carbocycles. The summed E-state index contributed by atoms with van der Waals surface area (Å²) in [6.07, 6.45) is 0.449. The van der Waals surface area contributed by atoms with E-state index >= 15 is 0 Å². The minimum Gasteiger partial charge on any atom is -0.339 e. The van der Waals surface area contributed by atoms with E-state index in [-0.39, 0.29) is 11.8 Å². The first-order valence-corrected chi connectivity index (χ1v) is 8.13. The third kappa shape index (κ3) is 3.19. The molecule has 0 radical (unpaired) electrons. The van der Waals surface area contributed by atoms with Crippen molar-refractivity contribution in [2.45, 2.75) is 13.3 Å². The van der Waals surface area contributed by atoms with Crippen molar-refractivity contribution >= 4 is 23.2 Å². The van der Waals surface area contributed by atoms with E-state index in [2.05, 4.69) is 10.2 Å². The molecule has 0 aromatic carbocycles. The Hall–Kier alpha value is -2.15. The summed E-state index contributed by atoms with van der Waals surface area (Å²) in [5, 5.41) is 8.76. The third-order valence-electron chi connectivity index (χ3n) is 3.75. The highest BCUT2D eigenvalue weighted by Gasteiger charge is 2.26. The number of nitrogens with zero attached hydrogens (tertiary/aromatic N) is 3. The first kappa shape index (κ1) is 14.8. The van der Waals surface area contributed by atoms with Gasteiger partial charge in [0.2, 0.25) is 5.91 Å². The second-order valence-corrected chi connectivity index (χ2v) is 6.40. The van der Waals surface area contributed by atoms with Crippen LogP contribution in [0.1, 0.15) is 21.1 Å². The average molecular weight is 318 g/mol. The molecular weight excluding hydrogens is 300 g/mol. The zero-order valence-electron chi connectivity index (χ0n) is 12.4. The lowest BCUT2D eigenvalue weighted by atomic mass is 10.2. The Bertz CT molecular complexity index is 657. The Balaban J connectivity index is 1.54. The number of hydrogen-bond donors (Lipinski definition) is 1. The fourth-order valence-corrected chi connectivity index (χ4v) is 3.22. The summed E-state index contributed by atoms with van der Waals surface area (Å²) in [5.41, 5.74) is 1.31. The second kappa shape index (κ2) is 6.31. The van der Waals surface area contributed by atoms with E-state index in [1.807, 2.05) is 29.3 Å². The smallest absolute Gasteiger partial charge is 0.274 e. The number of nitrogens with one attached hydrogen (secondary N) is 1. The van der Waals surface area contributed by atoms with Crippen LogP contribution in [0.15, 0.2) is 23.6 Å². The van der Waals surface area contributed by atoms with Crippen molar-refractivity contribution in [2.24, 2.45) is 0 Å². The van der Waals surface area contributed by atoms with E-state index in [9.17, 15) is 9.59 Å². The second-order valence-electron chi connectivity index (χ2n) is 5.37. The summed E-state index contributed by atoms with van der Waals surface area (Å²) in [6.45, 7) is 4.14. The van der Waals surface area contributed by atoms with Crippen molar-refractivity contribution < 1.29 is 9.59 Å². The Kier molecular flexibility index (Phi) is 4.24. The van der Waals surface area contributed by atoms with Crippen molar-refractivity contribution in [1.82, 2.24) is 20.0 Å². The number of aromatic amines is 1. The van der Waals surface area contributed by atoms with Crippen LogP contribution in [0.25, 0.3) is 0 Å². The lowest BCUT2D eigenvalue weighted by Gasteiger charge is -2.34. The summed E-state index contributed by atoms with van der Waals surface area (Å²) in [7, 11) is 0. The molecule has 0 spiro atoms. The summed E-state index contributed by atoms with van der Waals surface area (Å²) >= 11 is 1.60. The molecule has 22 heavy (non-hydrogen) atoms. The Morgan fingerprint density at radius 1 is 1.27 bits per heavy atom. The van der Waals surface area contributed by atoms with Crippen LogP contribution in [0.4, 0.5) is 0 Å². The number of aryl methyl sites for hydroxylation is 1. The Morgan fingerprint density at radius 3 is 2.59 bits per heavy atom. The van der Waals surface area contributed by atoms with Crippen LogP contribution in [0.5, 0.6) is 0 Å². The lowest BCUT2D eigenvalue weighted by Crippen LogP contribution is -2.51. The van der Waals surface area contributed by atoms with Gasteiger partial charge in [0.25, 0.3) is 5.91 Å². The van der Waals surface area contributed by atoms with Crippen LogP contribution in [0.2, 0.25) is 0 Å². The fraction of sp³-hybridized carbons (Fsp3) is 0.400. The Morgan fingerprint density at radius 2 is 2.00 bits per heavy atom. The van der Waals surface area contributed by atoms with Gasteiger partial charge in [-0.2, -0.15) is 5.10 Å². The van der Waals surface area contributed by atoms with Crippen molar-refractivity contribution in [3.8, 4) is 0 Å². The summed E-state index contributed by atoms with van der Waals surface area (Å²) < 4.78 is 0. The molecule has 1 saturated heterocycles. The molecule has 1 N–H and O–H groups in total. The minimum atomic E-state index is -0.0743. The van der Waals surface area contributed by atoms with Crippen molar-refractivity contribution in [2.75, 3.05) is 26.2 Å². The molecule has 6 nitrogen and oxygen atoms in total. The van der Waals surface area contributed by atoms with Crippen LogP contribution in [-0.2, 0) is 11.2 Å². The van der Waals surface area contributed by atoms with E-state index in [4.69, 9.17) is 0 Å². The number of thiophene rings is 1. The predicted molar refractivity (Wildman–Crippen MR) is 83.8 cm³/mol. The van der Waals surface area contributed by atoms with Gasteiger partial charge in [0.15, 0.2) is 0 Å². The molecule has 1 aliphatic rings. The molecular formula is C15H18N4O2S. The molecule has 0 saturated carbocycles. The van der Waals surface area contributed by atoms with Crippen LogP contribution >= 0.6 is 11.3 Å². The molecule has 0 atom stereocenters. The molecule has 2 aromatic rings. The maximum Gasteiger partial charge on any atom is 0.274 e. The molecule has 1 aliphatic heterocycles. The third-order valence-corrected chi connectivity index (χ3v) is 4.63. The minimum absolute atomic E-state index is 0.0743. The van der Waals surface area contributed by atoms with Crippen molar-refractivity contribution in [3.63, 3.8) is 0 Å². The largest absolute Gasteiger partial charge is 0.339 e. The monoisotopic (exact) mass is 318 g/mol. The first-order chi connectivity index (χ1) is 10.6. The van der Waals surface area contributed by atoms with E-state index < -0.39 is 0 Å². The highest BCUT2D eigenvalue weighted by molar-refractivity contribution is 7.10. The molecule has 3 heterocycles. The predicted octanol–water partition coefficient (Wildman–Crippen LogP) is 1.31. The zero-order valence-corrected chi connectivity index (χ0v) is 13.2. The number of amides is 2. The van der Waals surface area contributed by atoms with E-state index in [1.165, 1.54) is 0 Å². The standard InChI is InChI=1S/C15H18N4O2S/c1-11-9-13(17-16-11)15(21)19-6-4-18(5-7-19)14(20)10-12-3-2-8-22-12/h2-3,8-9H,4-7,10H2,1H3,(H,16,17). The zero-order chi connectivity index (χ0) is 15.5. The number of H-pyrrole nitrogens is 1. The van der Waals surface area contributed by atoms with Gasteiger partial charge in [-0.15, -0.1) is 11.3 Å². The van der Waals surface area contributed by atoms with Gasteiger partial charge in [0.1, 0.15) is 5.69 Å². The van der Waals surface area contributed by atoms with Crippen molar-refractivity contribution in [1.29, 1.82) is 0 Å². The van der Waals surface area contributed by atoms with Gasteiger partial charge < -0.3 is 9.80 Å². The quantitative estimate of drug-likeness (QED) is 0.927. The maximum atomic E-state index is 12.3. The van der Waals surface area contributed by atoms with E-state index in [0.29, 0.717) is 38.3 Å². The Labute approximate surface area is 132 Å². The van der Waals surface area contributed by atoms with E-state index in [0.717, 1.165) is 10.6 Å². The van der Waals surface area contributed by atoms with Crippen LogP contribution in [0, 0.1) is 6.92 Å². The van der Waals surface area contributed by atoms with Crippen LogP contribution < -0.4 is 0 Å². The van der Waals surface area contributed by atoms with Gasteiger partial charge in [-0.25, -0.2) is 0 Å². The van der Waals surface area contributed by atoms with Gasteiger partial charge in [-0.05, 0) is 24.4 Å². The summed E-state index contributed by atoms with van der Waals surface area (Å²) in [6, 6.07) is 5.68. The van der Waals surface area contributed by atoms with Gasteiger partial charge in [0, 0.05) is 36.8 Å². The van der Waals surface area contributed by atoms with Gasteiger partial charge >= 0.3 is 0 Å². The molecule has 0 unspecified atom stereocenters. The van der Waals surface area contributed by atoms with Crippen molar-refractivity contribution in [3.05, 3.63) is 39.8 Å². The number of carbonyl (C=O) groups excluding carboxylic acids is 2. The molecule has 2 aromatic heterocycles. The van der Waals surface area contributed by atoms with Gasteiger partial charge in [-0.3, -0.25) is 14.7 Å². The van der Waals surface area contributed by atoms with Crippen LogP contribution in [0.3, 0.4) is 0 Å². The summed E-state index contributed by atoms with van der Waals surface area (Å²) in [5.74, 6) is 0.0554. The molecule has 7 heteroatoms. The lowest BCUT2D eigenvalue weighted by molar-refractivity contribution is -0.131. The number of carbonyl (C=O) groups is 2. The van der Waals surface area contributed by atoms with E-state index in [1.54, 1.807) is 22.3 Å². The van der Waals surface area contributed by atoms with Gasteiger partial charge in [0.05, 0.1) is 6.42 Å². The molecule has 116 valence electrons. The number of hydrogen-bond acceptors (Lipinski definition) is 4. The normalized spacial score (nSPS) is 15.1. The number of rotatable bonds is 3. The molecule has 3 rings (SSSR count). The summed E-state index contributed by atoms with van der Waals surface area (Å²) in [4.78, 5) is 29.2.